The van der Waals surface area contributed by atoms with Crippen molar-refractivity contribution in [3.05, 3.63) is 0 Å². The molecule has 0 aliphatic heterocycles. The Kier molecular flexibility index (Phi) is 5.44. The number of rotatable bonds is 8. The van der Waals surface area contributed by atoms with Gasteiger partial charge in [0.1, 0.15) is 0 Å². The number of carboxylic acids is 1. The fourth-order valence-electron chi connectivity index (χ4n) is 1.90. The van der Waals surface area contributed by atoms with Crippen molar-refractivity contribution in [3.63, 3.8) is 0 Å². The lowest BCUT2D eigenvalue weighted by atomic mass is 9.97. The Hall–Kier alpha value is -1.26. The number of hydrogen-bond acceptors (Lipinski definition) is 2. The van der Waals surface area contributed by atoms with E-state index in [1.165, 1.54) is 0 Å². The van der Waals surface area contributed by atoms with Crippen LogP contribution in [0.3, 0.4) is 0 Å². The molecule has 1 unspecified atom stereocenters. The van der Waals surface area contributed by atoms with E-state index in [9.17, 15) is 9.59 Å². The van der Waals surface area contributed by atoms with E-state index in [-0.39, 0.29) is 18.0 Å². The lowest BCUT2D eigenvalue weighted by Gasteiger charge is -2.16. The van der Waals surface area contributed by atoms with E-state index in [0.717, 1.165) is 25.7 Å². The quantitative estimate of drug-likeness (QED) is 0.622. The summed E-state index contributed by atoms with van der Waals surface area (Å²) in [5, 5.41) is 14.4. The lowest BCUT2D eigenvalue weighted by molar-refractivity contribution is -0.137. The maximum Gasteiger partial charge on any atom is 0.315 e. The van der Waals surface area contributed by atoms with Crippen molar-refractivity contribution in [2.24, 2.45) is 5.92 Å². The second-order valence-electron chi connectivity index (χ2n) is 5.44. The normalized spacial score (nSPS) is 17.9. The summed E-state index contributed by atoms with van der Waals surface area (Å²) in [7, 11) is 0. The Morgan fingerprint density at radius 2 is 2.00 bits per heavy atom. The molecule has 0 heterocycles. The van der Waals surface area contributed by atoms with Gasteiger partial charge in [-0.1, -0.05) is 13.3 Å². The van der Waals surface area contributed by atoms with Crippen LogP contribution in [0.1, 0.15) is 52.4 Å². The van der Waals surface area contributed by atoms with Crippen LogP contribution in [0.15, 0.2) is 0 Å². The Balaban J connectivity index is 2.10. The molecule has 0 aromatic heterocycles. The van der Waals surface area contributed by atoms with E-state index >= 15 is 0 Å². The zero-order valence-electron chi connectivity index (χ0n) is 11.3. The number of nitrogens with one attached hydrogen (secondary N) is 2. The zero-order valence-corrected chi connectivity index (χ0v) is 11.3. The molecule has 0 saturated heterocycles. The van der Waals surface area contributed by atoms with Crippen LogP contribution in [0.25, 0.3) is 0 Å². The third kappa shape index (κ3) is 5.89. The van der Waals surface area contributed by atoms with Crippen molar-refractivity contribution in [3.8, 4) is 0 Å². The molecule has 0 aromatic rings. The number of carbonyl (C=O) groups excluding carboxylic acids is 1. The number of hydrogen-bond donors (Lipinski definition) is 3. The summed E-state index contributed by atoms with van der Waals surface area (Å²) in [6, 6.07) is -0.108. The molecule has 1 rings (SSSR count). The minimum Gasteiger partial charge on any atom is -0.481 e. The average molecular weight is 256 g/mol. The van der Waals surface area contributed by atoms with Crippen LogP contribution < -0.4 is 10.6 Å². The Morgan fingerprint density at radius 1 is 1.33 bits per heavy atom. The standard InChI is InChI=1S/C13H24N2O3/c1-3-10(4-5-11(16)17)6-9-14-12(18)15-13(2)7-8-13/h10H,3-9H2,1-2H3,(H,16,17)(H2,14,15,18). The smallest absolute Gasteiger partial charge is 0.315 e. The Labute approximate surface area is 108 Å². The first-order chi connectivity index (χ1) is 8.45. The van der Waals surface area contributed by atoms with Gasteiger partial charge in [-0.15, -0.1) is 0 Å². The Bertz CT molecular complexity index is 301. The highest BCUT2D eigenvalue weighted by atomic mass is 16.4. The predicted octanol–water partition coefficient (Wildman–Crippen LogP) is 2.12. The summed E-state index contributed by atoms with van der Waals surface area (Å²) in [6.07, 6.45) is 4.80. The molecule has 1 aliphatic carbocycles. The molecule has 1 fully saturated rings. The van der Waals surface area contributed by atoms with Gasteiger partial charge in [-0.3, -0.25) is 4.79 Å². The third-order valence-corrected chi connectivity index (χ3v) is 3.60. The van der Waals surface area contributed by atoms with Crippen molar-refractivity contribution in [1.29, 1.82) is 0 Å². The fourth-order valence-corrected chi connectivity index (χ4v) is 1.90. The van der Waals surface area contributed by atoms with Crippen molar-refractivity contribution in [1.82, 2.24) is 10.6 Å². The largest absolute Gasteiger partial charge is 0.481 e. The molecule has 5 nitrogen and oxygen atoms in total. The summed E-state index contributed by atoms with van der Waals surface area (Å²) in [5.41, 5.74) is 0.0115. The summed E-state index contributed by atoms with van der Waals surface area (Å²) in [6.45, 7) is 4.70. The fraction of sp³-hybridized carbons (Fsp3) is 0.846. The molecule has 0 radical (unpaired) electrons. The average Bonchev–Trinajstić information content (AvgIpc) is 3.00. The molecule has 104 valence electrons. The van der Waals surface area contributed by atoms with E-state index in [1.807, 2.05) is 6.92 Å². The van der Waals surface area contributed by atoms with Crippen LogP contribution in [0.2, 0.25) is 0 Å². The number of urea groups is 1. The molecule has 1 aliphatic rings. The summed E-state index contributed by atoms with van der Waals surface area (Å²) in [5.74, 6) is -0.376. The van der Waals surface area contributed by atoms with E-state index in [2.05, 4.69) is 17.6 Å². The molecular formula is C13H24N2O3. The molecule has 1 saturated carbocycles. The molecule has 5 heteroatoms. The van der Waals surface area contributed by atoms with Crippen LogP contribution in [0.5, 0.6) is 0 Å². The van der Waals surface area contributed by atoms with Gasteiger partial charge in [0, 0.05) is 18.5 Å². The van der Waals surface area contributed by atoms with E-state index in [4.69, 9.17) is 5.11 Å². The molecule has 0 aromatic carbocycles. The molecular weight excluding hydrogens is 232 g/mol. The first-order valence-corrected chi connectivity index (χ1v) is 6.73. The minimum absolute atomic E-state index is 0.0115. The zero-order chi connectivity index (χ0) is 13.6. The molecule has 0 bridgehead atoms. The first-order valence-electron chi connectivity index (χ1n) is 6.73. The maximum atomic E-state index is 11.5. The van der Waals surface area contributed by atoms with Crippen molar-refractivity contribution >= 4 is 12.0 Å². The third-order valence-electron chi connectivity index (χ3n) is 3.60. The van der Waals surface area contributed by atoms with Gasteiger partial charge in [0.25, 0.3) is 0 Å². The summed E-state index contributed by atoms with van der Waals surface area (Å²) < 4.78 is 0. The van der Waals surface area contributed by atoms with Crippen LogP contribution >= 0.6 is 0 Å². The summed E-state index contributed by atoms with van der Waals surface area (Å²) in [4.78, 5) is 22.0. The van der Waals surface area contributed by atoms with Crippen LogP contribution in [-0.2, 0) is 4.79 Å². The molecule has 2 amide bonds. The highest BCUT2D eigenvalue weighted by Crippen LogP contribution is 2.33. The van der Waals surface area contributed by atoms with Crippen molar-refractivity contribution in [2.45, 2.75) is 57.9 Å². The van der Waals surface area contributed by atoms with Gasteiger partial charge in [0.05, 0.1) is 0 Å². The Morgan fingerprint density at radius 3 is 2.50 bits per heavy atom. The van der Waals surface area contributed by atoms with Crippen LogP contribution in [0.4, 0.5) is 4.79 Å². The molecule has 0 spiro atoms. The van der Waals surface area contributed by atoms with Crippen molar-refractivity contribution < 1.29 is 14.7 Å². The van der Waals surface area contributed by atoms with Gasteiger partial charge in [0.15, 0.2) is 0 Å². The van der Waals surface area contributed by atoms with Gasteiger partial charge >= 0.3 is 12.0 Å². The first kappa shape index (κ1) is 14.8. The monoisotopic (exact) mass is 256 g/mol. The van der Waals surface area contributed by atoms with Crippen molar-refractivity contribution in [2.75, 3.05) is 6.54 Å². The number of carbonyl (C=O) groups is 2. The predicted molar refractivity (Wildman–Crippen MR) is 69.4 cm³/mol. The maximum absolute atomic E-state index is 11.5. The van der Waals surface area contributed by atoms with Gasteiger partial charge in [0.2, 0.25) is 0 Å². The highest BCUT2D eigenvalue weighted by molar-refractivity contribution is 5.75. The van der Waals surface area contributed by atoms with Gasteiger partial charge < -0.3 is 15.7 Å². The van der Waals surface area contributed by atoms with E-state index in [1.54, 1.807) is 0 Å². The highest BCUT2D eigenvalue weighted by Gasteiger charge is 2.38. The molecule has 3 N–H and O–H groups in total. The number of amides is 2. The van der Waals surface area contributed by atoms with Crippen LogP contribution in [0, 0.1) is 5.92 Å². The van der Waals surface area contributed by atoms with Gasteiger partial charge in [-0.25, -0.2) is 4.79 Å². The van der Waals surface area contributed by atoms with E-state index < -0.39 is 5.97 Å². The van der Waals surface area contributed by atoms with E-state index in [0.29, 0.717) is 18.9 Å². The number of aliphatic carboxylic acids is 1. The van der Waals surface area contributed by atoms with Gasteiger partial charge in [-0.05, 0) is 38.5 Å². The SMILES string of the molecule is CCC(CCNC(=O)NC1(C)CC1)CCC(=O)O. The number of carboxylic acid groups (broad SMARTS) is 1. The second-order valence-corrected chi connectivity index (χ2v) is 5.44. The van der Waals surface area contributed by atoms with Gasteiger partial charge in [-0.2, -0.15) is 0 Å². The molecule has 1 atom stereocenters. The summed E-state index contributed by atoms with van der Waals surface area (Å²) >= 11 is 0. The lowest BCUT2D eigenvalue weighted by Crippen LogP contribution is -2.42. The minimum atomic E-state index is -0.749. The topological polar surface area (TPSA) is 78.4 Å². The molecule has 18 heavy (non-hydrogen) atoms. The second kappa shape index (κ2) is 6.61. The van der Waals surface area contributed by atoms with Crippen LogP contribution in [-0.4, -0.2) is 29.2 Å².